The SMILES string of the molecule is NC(=O)COc1ccn[nH]1. The second-order valence-corrected chi connectivity index (χ2v) is 1.68. The van der Waals surface area contributed by atoms with E-state index in [0.717, 1.165) is 0 Å². The van der Waals surface area contributed by atoms with Crippen molar-refractivity contribution < 1.29 is 9.53 Å². The lowest BCUT2D eigenvalue weighted by atomic mass is 10.6. The monoisotopic (exact) mass is 141 g/mol. The Labute approximate surface area is 57.2 Å². The summed E-state index contributed by atoms with van der Waals surface area (Å²) in [6.45, 7) is -0.123. The molecule has 1 aromatic rings. The topological polar surface area (TPSA) is 81.0 Å². The summed E-state index contributed by atoms with van der Waals surface area (Å²) in [5.74, 6) is -0.0617. The van der Waals surface area contributed by atoms with E-state index in [-0.39, 0.29) is 6.61 Å². The Bertz CT molecular complexity index is 207. The predicted octanol–water partition coefficient (Wildman–Crippen LogP) is -0.726. The van der Waals surface area contributed by atoms with Crippen molar-refractivity contribution in [2.24, 2.45) is 5.73 Å². The lowest BCUT2D eigenvalue weighted by molar-refractivity contribution is -0.120. The molecule has 0 atom stereocenters. The number of aromatic nitrogens is 2. The van der Waals surface area contributed by atoms with E-state index in [0.29, 0.717) is 5.88 Å². The molecular weight excluding hydrogens is 134 g/mol. The fourth-order valence-electron chi connectivity index (χ4n) is 0.472. The Balaban J connectivity index is 2.35. The van der Waals surface area contributed by atoms with Gasteiger partial charge >= 0.3 is 0 Å². The number of aromatic amines is 1. The zero-order valence-electron chi connectivity index (χ0n) is 5.20. The number of nitrogens with one attached hydrogen (secondary N) is 1. The third-order valence-corrected chi connectivity index (χ3v) is 0.845. The number of amides is 1. The minimum absolute atomic E-state index is 0.123. The van der Waals surface area contributed by atoms with Gasteiger partial charge in [0.05, 0.1) is 6.20 Å². The summed E-state index contributed by atoms with van der Waals surface area (Å²) in [5.41, 5.74) is 4.81. The molecule has 0 fully saturated rings. The molecule has 0 bridgehead atoms. The smallest absolute Gasteiger partial charge is 0.255 e. The van der Waals surface area contributed by atoms with E-state index in [2.05, 4.69) is 10.2 Å². The molecule has 0 unspecified atom stereocenters. The molecule has 5 heteroatoms. The Hall–Kier alpha value is -1.52. The largest absolute Gasteiger partial charge is 0.468 e. The van der Waals surface area contributed by atoms with Gasteiger partial charge in [-0.05, 0) is 0 Å². The number of hydrogen-bond donors (Lipinski definition) is 2. The Morgan fingerprint density at radius 3 is 3.20 bits per heavy atom. The van der Waals surface area contributed by atoms with Gasteiger partial charge in [-0.15, -0.1) is 0 Å². The van der Waals surface area contributed by atoms with Crippen molar-refractivity contribution >= 4 is 5.91 Å². The first kappa shape index (κ1) is 6.60. The number of carbonyl (C=O) groups is 1. The Kier molecular flexibility index (Phi) is 1.89. The third kappa shape index (κ3) is 1.77. The van der Waals surface area contributed by atoms with Crippen molar-refractivity contribution in [3.05, 3.63) is 12.3 Å². The van der Waals surface area contributed by atoms with Crippen LogP contribution >= 0.6 is 0 Å². The fourth-order valence-corrected chi connectivity index (χ4v) is 0.472. The second kappa shape index (κ2) is 2.86. The van der Waals surface area contributed by atoms with E-state index in [9.17, 15) is 4.79 Å². The summed E-state index contributed by atoms with van der Waals surface area (Å²) >= 11 is 0. The average molecular weight is 141 g/mol. The number of nitrogens with zero attached hydrogens (tertiary/aromatic N) is 1. The first-order valence-electron chi connectivity index (χ1n) is 2.69. The summed E-state index contributed by atoms with van der Waals surface area (Å²) in [6, 6.07) is 1.60. The van der Waals surface area contributed by atoms with Crippen LogP contribution in [0.3, 0.4) is 0 Å². The quantitative estimate of drug-likeness (QED) is 0.582. The number of primary amides is 1. The molecule has 10 heavy (non-hydrogen) atoms. The summed E-state index contributed by atoms with van der Waals surface area (Å²) < 4.78 is 4.81. The van der Waals surface area contributed by atoms with E-state index in [4.69, 9.17) is 10.5 Å². The van der Waals surface area contributed by atoms with Crippen LogP contribution in [0.5, 0.6) is 5.88 Å². The normalized spacial score (nSPS) is 9.20. The maximum Gasteiger partial charge on any atom is 0.255 e. The van der Waals surface area contributed by atoms with Crippen molar-refractivity contribution in [1.82, 2.24) is 10.2 Å². The summed E-state index contributed by atoms with van der Waals surface area (Å²) in [7, 11) is 0. The van der Waals surface area contributed by atoms with Crippen LogP contribution in [0.1, 0.15) is 0 Å². The van der Waals surface area contributed by atoms with Gasteiger partial charge in [0.1, 0.15) is 0 Å². The first-order valence-corrected chi connectivity index (χ1v) is 2.69. The molecule has 0 aliphatic rings. The van der Waals surface area contributed by atoms with E-state index < -0.39 is 5.91 Å². The molecule has 1 amide bonds. The number of H-pyrrole nitrogens is 1. The maximum atomic E-state index is 10.2. The van der Waals surface area contributed by atoms with Crippen molar-refractivity contribution in [2.75, 3.05) is 6.61 Å². The Morgan fingerprint density at radius 2 is 2.70 bits per heavy atom. The highest BCUT2D eigenvalue weighted by Crippen LogP contribution is 2.00. The second-order valence-electron chi connectivity index (χ2n) is 1.68. The van der Waals surface area contributed by atoms with Crippen LogP contribution in [0.25, 0.3) is 0 Å². The minimum Gasteiger partial charge on any atom is -0.468 e. The van der Waals surface area contributed by atoms with Gasteiger partial charge in [0.25, 0.3) is 5.91 Å². The van der Waals surface area contributed by atoms with Crippen LogP contribution in [-0.4, -0.2) is 22.7 Å². The van der Waals surface area contributed by atoms with Crippen LogP contribution in [0.2, 0.25) is 0 Å². The molecule has 1 rings (SSSR count). The molecule has 0 saturated heterocycles. The van der Waals surface area contributed by atoms with Crippen molar-refractivity contribution in [2.45, 2.75) is 0 Å². The molecule has 1 aromatic heterocycles. The molecule has 1 heterocycles. The lowest BCUT2D eigenvalue weighted by Gasteiger charge is -1.96. The zero-order chi connectivity index (χ0) is 7.40. The van der Waals surface area contributed by atoms with E-state index in [1.807, 2.05) is 0 Å². The molecule has 5 nitrogen and oxygen atoms in total. The maximum absolute atomic E-state index is 10.2. The van der Waals surface area contributed by atoms with Crippen molar-refractivity contribution in [3.8, 4) is 5.88 Å². The van der Waals surface area contributed by atoms with E-state index in [1.165, 1.54) is 6.20 Å². The molecule has 3 N–H and O–H groups in total. The Morgan fingerprint density at radius 1 is 1.90 bits per heavy atom. The number of rotatable bonds is 3. The van der Waals surface area contributed by atoms with Gasteiger partial charge < -0.3 is 10.5 Å². The van der Waals surface area contributed by atoms with Crippen LogP contribution < -0.4 is 10.5 Å². The molecule has 54 valence electrons. The average Bonchev–Trinajstić information content (AvgIpc) is 2.34. The number of carbonyl (C=O) groups excluding carboxylic acids is 1. The minimum atomic E-state index is -0.505. The number of nitrogens with two attached hydrogens (primary N) is 1. The van der Waals surface area contributed by atoms with Gasteiger partial charge in [-0.3, -0.25) is 4.79 Å². The van der Waals surface area contributed by atoms with Gasteiger partial charge in [-0.25, -0.2) is 5.10 Å². The fraction of sp³-hybridized carbons (Fsp3) is 0.200. The highest BCUT2D eigenvalue weighted by Gasteiger charge is 1.95. The molecular formula is C5H7N3O2. The van der Waals surface area contributed by atoms with Gasteiger partial charge in [0, 0.05) is 6.07 Å². The molecule has 0 spiro atoms. The predicted molar refractivity (Wildman–Crippen MR) is 33.3 cm³/mol. The molecule has 0 saturated carbocycles. The molecule has 0 aliphatic heterocycles. The third-order valence-electron chi connectivity index (χ3n) is 0.845. The van der Waals surface area contributed by atoms with Gasteiger partial charge in [0.2, 0.25) is 5.88 Å². The van der Waals surface area contributed by atoms with Crippen LogP contribution in [0, 0.1) is 0 Å². The zero-order valence-corrected chi connectivity index (χ0v) is 5.20. The van der Waals surface area contributed by atoms with Crippen LogP contribution in [0.15, 0.2) is 12.3 Å². The molecule has 0 radical (unpaired) electrons. The lowest BCUT2D eigenvalue weighted by Crippen LogP contribution is -2.20. The molecule has 0 aromatic carbocycles. The van der Waals surface area contributed by atoms with Crippen molar-refractivity contribution in [3.63, 3.8) is 0 Å². The standard InChI is InChI=1S/C5H7N3O2/c6-4(9)3-10-5-1-2-7-8-5/h1-2H,3H2,(H2,6,9)(H,7,8). The van der Waals surface area contributed by atoms with E-state index >= 15 is 0 Å². The summed E-state index contributed by atoms with van der Waals surface area (Å²) in [5, 5.41) is 6.11. The highest BCUT2D eigenvalue weighted by molar-refractivity contribution is 5.75. The van der Waals surface area contributed by atoms with Gasteiger partial charge in [-0.2, -0.15) is 5.10 Å². The number of hydrogen-bond acceptors (Lipinski definition) is 3. The van der Waals surface area contributed by atoms with Gasteiger partial charge in [0.15, 0.2) is 6.61 Å². The van der Waals surface area contributed by atoms with Gasteiger partial charge in [-0.1, -0.05) is 0 Å². The number of ether oxygens (including phenoxy) is 1. The summed E-state index contributed by atoms with van der Waals surface area (Å²) in [6.07, 6.45) is 1.52. The van der Waals surface area contributed by atoms with Crippen LogP contribution in [0.4, 0.5) is 0 Å². The first-order chi connectivity index (χ1) is 4.79. The molecule has 0 aliphatic carbocycles. The summed E-state index contributed by atoms with van der Waals surface area (Å²) in [4.78, 5) is 10.2. The van der Waals surface area contributed by atoms with Crippen LogP contribution in [-0.2, 0) is 4.79 Å². The highest BCUT2D eigenvalue weighted by atomic mass is 16.5. The van der Waals surface area contributed by atoms with E-state index in [1.54, 1.807) is 6.07 Å². The van der Waals surface area contributed by atoms with Crippen molar-refractivity contribution in [1.29, 1.82) is 0 Å².